The number of carboxylic acid groups (broad SMARTS) is 1. The van der Waals surface area contributed by atoms with Crippen LogP contribution in [0.25, 0.3) is 0 Å². The predicted molar refractivity (Wildman–Crippen MR) is 84.6 cm³/mol. The molecule has 0 saturated heterocycles. The average Bonchev–Trinajstić information content (AvgIpc) is 2.39. The van der Waals surface area contributed by atoms with Gasteiger partial charge in [0.05, 0.1) is 0 Å². The number of aliphatic carboxylic acids is 1. The van der Waals surface area contributed by atoms with Crippen LogP contribution in [0.2, 0.25) is 8.87 Å². The summed E-state index contributed by atoms with van der Waals surface area (Å²) in [7, 11) is 0. The molecule has 0 aliphatic heterocycles. The molecule has 3 heteroatoms. The van der Waals surface area contributed by atoms with Gasteiger partial charge >= 0.3 is 102 Å². The van der Waals surface area contributed by atoms with Crippen LogP contribution >= 0.6 is 0 Å². The van der Waals surface area contributed by atoms with Crippen LogP contribution in [0.1, 0.15) is 46.5 Å². The van der Waals surface area contributed by atoms with Gasteiger partial charge in [0.25, 0.3) is 5.97 Å². The molecule has 0 aliphatic carbocycles. The second-order valence-electron chi connectivity index (χ2n) is 4.70. The maximum absolute atomic E-state index is 9.00. The van der Waals surface area contributed by atoms with Gasteiger partial charge < -0.3 is 5.11 Å². The van der Waals surface area contributed by atoms with E-state index in [0.29, 0.717) is 0 Å². The zero-order valence-electron chi connectivity index (χ0n) is 12.5. The molecule has 0 unspecified atom stereocenters. The quantitative estimate of drug-likeness (QED) is 0.735. The summed E-state index contributed by atoms with van der Waals surface area (Å²) in [5.41, 5.74) is 0. The van der Waals surface area contributed by atoms with E-state index in [1.165, 1.54) is 25.7 Å². The molecule has 0 amide bonds. The first-order valence-electron chi connectivity index (χ1n) is 7.21. The van der Waals surface area contributed by atoms with Crippen molar-refractivity contribution in [3.63, 3.8) is 0 Å². The zero-order chi connectivity index (χ0) is 14.5. The van der Waals surface area contributed by atoms with Crippen molar-refractivity contribution in [2.75, 3.05) is 0 Å². The Hall–Kier alpha value is -0.511. The number of unbranched alkanes of at least 4 members (excludes halogenated alkanes) is 2. The van der Waals surface area contributed by atoms with Gasteiger partial charge in [-0.2, -0.15) is 0 Å². The summed E-state index contributed by atoms with van der Waals surface area (Å²) in [5.74, 6) is -0.833. The summed E-state index contributed by atoms with van der Waals surface area (Å²) in [6, 6.07) is 11.3. The van der Waals surface area contributed by atoms with E-state index >= 15 is 0 Å². The van der Waals surface area contributed by atoms with E-state index in [9.17, 15) is 0 Å². The molecule has 0 bridgehead atoms. The Kier molecular flexibility index (Phi) is 12.2. The Balaban J connectivity index is 0.000000711. The van der Waals surface area contributed by atoms with Crippen LogP contribution in [0.5, 0.6) is 0 Å². The van der Waals surface area contributed by atoms with Crippen molar-refractivity contribution in [2.45, 2.75) is 55.3 Å². The predicted octanol–water partition coefficient (Wildman–Crippen LogP) is 4.08. The summed E-state index contributed by atoms with van der Waals surface area (Å²) >= 11 is -1.22. The zero-order valence-corrected chi connectivity index (χ0v) is 15.3. The molecule has 0 heterocycles. The van der Waals surface area contributed by atoms with Crippen molar-refractivity contribution in [3.05, 3.63) is 30.3 Å². The first kappa shape index (κ1) is 18.5. The van der Waals surface area contributed by atoms with Crippen molar-refractivity contribution in [1.82, 2.24) is 0 Å². The van der Waals surface area contributed by atoms with Crippen molar-refractivity contribution in [3.8, 4) is 0 Å². The molecule has 2 nitrogen and oxygen atoms in total. The topological polar surface area (TPSA) is 37.3 Å². The fourth-order valence-electron chi connectivity index (χ4n) is 1.87. The van der Waals surface area contributed by atoms with Crippen LogP contribution in [0.4, 0.5) is 0 Å². The molecule has 1 aromatic carbocycles. The second kappa shape index (κ2) is 12.5. The van der Waals surface area contributed by atoms with Crippen LogP contribution in [0.15, 0.2) is 30.3 Å². The van der Waals surface area contributed by atoms with Crippen LogP contribution in [0.3, 0.4) is 0 Å². The van der Waals surface area contributed by atoms with Crippen molar-refractivity contribution >= 4 is 29.3 Å². The van der Waals surface area contributed by atoms with Gasteiger partial charge in [-0.15, -0.1) is 0 Å². The molecular weight excluding hydrogens is 343 g/mol. The Morgan fingerprint density at radius 2 is 1.47 bits per heavy atom. The monoisotopic (exact) mass is 371 g/mol. The summed E-state index contributed by atoms with van der Waals surface area (Å²) < 4.78 is 4.85. The van der Waals surface area contributed by atoms with E-state index in [1.807, 2.05) is 0 Å². The minimum absolute atomic E-state index is 0.833. The number of hydrogen-bond donors (Lipinski definition) is 1. The molecule has 19 heavy (non-hydrogen) atoms. The van der Waals surface area contributed by atoms with E-state index < -0.39 is 25.7 Å². The standard InChI is InChI=1S/C6H5.2C4H9.C2H4O2.Sn/c1-2-4-6-5-3-1;2*1-3-4-2;1-2(3)4;/h1-5H;2*1,3-4H2,2H3;1H3,(H,3,4);. The molecule has 1 N–H and O–H groups in total. The number of carboxylic acids is 1. The molecule has 0 fully saturated rings. The van der Waals surface area contributed by atoms with Crippen LogP contribution < -0.4 is 3.58 Å². The number of carbonyl (C=O) groups is 1. The van der Waals surface area contributed by atoms with Gasteiger partial charge in [0, 0.05) is 6.92 Å². The fourth-order valence-corrected chi connectivity index (χ4v) is 10.6. The van der Waals surface area contributed by atoms with Crippen molar-refractivity contribution < 1.29 is 9.90 Å². The molecule has 0 aromatic heterocycles. The Labute approximate surface area is 125 Å². The molecule has 0 spiro atoms. The third kappa shape index (κ3) is 11.0. The van der Waals surface area contributed by atoms with E-state index in [2.05, 4.69) is 44.2 Å². The average molecular weight is 370 g/mol. The SMILES string of the molecule is CC(=O)O.CCC[CH2][Sn]([CH2]CCC)[c]1ccccc1. The number of rotatable bonds is 7. The molecule has 1 aromatic rings. The van der Waals surface area contributed by atoms with Crippen LogP contribution in [-0.4, -0.2) is 30.8 Å². The van der Waals surface area contributed by atoms with E-state index in [4.69, 9.17) is 9.90 Å². The van der Waals surface area contributed by atoms with Gasteiger partial charge in [0.2, 0.25) is 0 Å². The molecular formula is C16H27O2Sn. The van der Waals surface area contributed by atoms with Gasteiger partial charge in [-0.05, 0) is 0 Å². The number of hydrogen-bond acceptors (Lipinski definition) is 1. The van der Waals surface area contributed by atoms with E-state index in [0.717, 1.165) is 6.92 Å². The third-order valence-electron chi connectivity index (χ3n) is 2.85. The summed E-state index contributed by atoms with van der Waals surface area (Å²) in [6.07, 6.45) is 5.63. The van der Waals surface area contributed by atoms with E-state index in [1.54, 1.807) is 12.5 Å². The first-order valence-corrected chi connectivity index (χ1v) is 12.7. The Bertz CT molecular complexity index is 313. The fraction of sp³-hybridized carbons (Fsp3) is 0.562. The van der Waals surface area contributed by atoms with Gasteiger partial charge in [-0.3, -0.25) is 4.79 Å². The maximum atomic E-state index is 9.00. The molecule has 0 atom stereocenters. The molecule has 1 rings (SSSR count). The number of benzene rings is 1. The molecule has 0 aliphatic rings. The third-order valence-corrected chi connectivity index (χ3v) is 11.6. The summed E-state index contributed by atoms with van der Waals surface area (Å²) in [5, 5.41) is 7.42. The summed E-state index contributed by atoms with van der Waals surface area (Å²) in [4.78, 5) is 9.00. The first-order chi connectivity index (χ1) is 9.11. The molecule has 0 saturated carbocycles. The second-order valence-corrected chi connectivity index (χ2v) is 12.6. The van der Waals surface area contributed by atoms with Crippen LogP contribution in [0, 0.1) is 0 Å². The van der Waals surface area contributed by atoms with Crippen LogP contribution in [-0.2, 0) is 4.79 Å². The van der Waals surface area contributed by atoms with Gasteiger partial charge in [0.1, 0.15) is 0 Å². The van der Waals surface area contributed by atoms with Crippen molar-refractivity contribution in [1.29, 1.82) is 0 Å². The Morgan fingerprint density at radius 1 is 1.05 bits per heavy atom. The normalized spacial score (nSPS) is 9.89. The van der Waals surface area contributed by atoms with Gasteiger partial charge in [-0.25, -0.2) is 0 Å². The van der Waals surface area contributed by atoms with Crippen molar-refractivity contribution in [2.24, 2.45) is 0 Å². The van der Waals surface area contributed by atoms with Gasteiger partial charge in [-0.1, -0.05) is 0 Å². The summed E-state index contributed by atoms with van der Waals surface area (Å²) in [6.45, 7) is 5.71. The Morgan fingerprint density at radius 3 is 1.84 bits per heavy atom. The molecule has 107 valence electrons. The molecule has 1 radical (unpaired) electrons. The van der Waals surface area contributed by atoms with E-state index in [-0.39, 0.29) is 0 Å². The minimum atomic E-state index is -1.22. The van der Waals surface area contributed by atoms with Gasteiger partial charge in [0.15, 0.2) is 0 Å².